The second-order valence-corrected chi connectivity index (χ2v) is 9.33. The summed E-state index contributed by atoms with van der Waals surface area (Å²) < 4.78 is 2.06. The Labute approximate surface area is 176 Å². The van der Waals surface area contributed by atoms with E-state index < -0.39 is 0 Å². The van der Waals surface area contributed by atoms with Crippen molar-refractivity contribution in [2.24, 2.45) is 0 Å². The van der Waals surface area contributed by atoms with Gasteiger partial charge in [0.15, 0.2) is 5.69 Å². The van der Waals surface area contributed by atoms with Crippen molar-refractivity contribution in [2.45, 2.75) is 59.5 Å². The van der Waals surface area contributed by atoms with Gasteiger partial charge in [0.1, 0.15) is 5.65 Å². The van der Waals surface area contributed by atoms with Crippen LogP contribution in [0.3, 0.4) is 0 Å². The molecule has 0 unspecified atom stereocenters. The number of likely N-dealkylation sites (tertiary alicyclic amines) is 1. The molecule has 1 amide bonds. The topological polar surface area (TPSA) is 62.5 Å². The number of rotatable bonds is 5. The maximum Gasteiger partial charge on any atom is 0.274 e. The number of nitrogens with one attached hydrogen (secondary N) is 1. The quantitative estimate of drug-likeness (QED) is 0.684. The van der Waals surface area contributed by atoms with E-state index in [-0.39, 0.29) is 11.9 Å². The molecule has 0 spiro atoms. The molecule has 4 heterocycles. The van der Waals surface area contributed by atoms with Crippen LogP contribution < -0.4 is 5.32 Å². The highest BCUT2D eigenvalue weighted by Gasteiger charge is 2.26. The minimum Gasteiger partial charge on any atom is -0.337 e. The van der Waals surface area contributed by atoms with E-state index in [1.807, 2.05) is 37.1 Å². The third kappa shape index (κ3) is 3.94. The molecule has 0 radical (unpaired) electrons. The van der Waals surface area contributed by atoms with E-state index in [0.717, 1.165) is 53.5 Å². The number of aryl methyl sites for hydroxylation is 3. The number of pyridine rings is 1. The number of amides is 1. The molecule has 0 saturated carbocycles. The van der Waals surface area contributed by atoms with E-state index in [1.165, 1.54) is 11.3 Å². The van der Waals surface area contributed by atoms with Gasteiger partial charge in [-0.05, 0) is 58.6 Å². The highest BCUT2D eigenvalue weighted by Crippen LogP contribution is 2.24. The number of hydrogen-bond donors (Lipinski definition) is 1. The summed E-state index contributed by atoms with van der Waals surface area (Å²) in [7, 11) is 0. The standard InChI is InChI=1S/C22H29N5OS/c1-14-9-8-12-27-18(13-23-15(2)19-16(3)29-17(4)24-19)20(25-21(14)27)22(28)26-10-6-5-7-11-26/h8-9,12,15,23H,5-7,10-11,13H2,1-4H3/t15-/m1/s1. The fourth-order valence-electron chi connectivity index (χ4n) is 4.13. The predicted molar refractivity (Wildman–Crippen MR) is 117 cm³/mol. The van der Waals surface area contributed by atoms with Crippen LogP contribution >= 0.6 is 11.3 Å². The molecule has 7 heteroatoms. The zero-order chi connectivity index (χ0) is 20.5. The Hall–Kier alpha value is -2.25. The Morgan fingerprint density at radius 2 is 1.97 bits per heavy atom. The molecular weight excluding hydrogens is 382 g/mol. The van der Waals surface area contributed by atoms with Crippen LogP contribution in [0.5, 0.6) is 0 Å². The van der Waals surface area contributed by atoms with Gasteiger partial charge in [0.05, 0.1) is 16.4 Å². The molecule has 3 aromatic rings. The molecule has 29 heavy (non-hydrogen) atoms. The minimum atomic E-state index is 0.0536. The lowest BCUT2D eigenvalue weighted by molar-refractivity contribution is 0.0717. The fourth-order valence-corrected chi connectivity index (χ4v) is 5.05. The van der Waals surface area contributed by atoms with Crippen LogP contribution in [0.25, 0.3) is 5.65 Å². The fraction of sp³-hybridized carbons (Fsp3) is 0.500. The monoisotopic (exact) mass is 411 g/mol. The van der Waals surface area contributed by atoms with Crippen molar-refractivity contribution in [1.29, 1.82) is 0 Å². The molecular formula is C22H29N5OS. The Morgan fingerprint density at radius 3 is 2.66 bits per heavy atom. The van der Waals surface area contributed by atoms with Crippen molar-refractivity contribution in [2.75, 3.05) is 13.1 Å². The highest BCUT2D eigenvalue weighted by atomic mass is 32.1. The molecule has 0 aliphatic carbocycles. The van der Waals surface area contributed by atoms with Crippen LogP contribution in [0.4, 0.5) is 0 Å². The van der Waals surface area contributed by atoms with E-state index in [2.05, 4.69) is 28.5 Å². The van der Waals surface area contributed by atoms with Gasteiger partial charge in [-0.1, -0.05) is 6.07 Å². The van der Waals surface area contributed by atoms with Crippen LogP contribution in [-0.2, 0) is 6.54 Å². The van der Waals surface area contributed by atoms with E-state index in [1.54, 1.807) is 11.3 Å². The van der Waals surface area contributed by atoms with Gasteiger partial charge in [0, 0.05) is 36.8 Å². The number of carbonyl (C=O) groups is 1. The number of piperidine rings is 1. The summed E-state index contributed by atoms with van der Waals surface area (Å²) in [5.41, 5.74) is 4.52. The summed E-state index contributed by atoms with van der Waals surface area (Å²) in [4.78, 5) is 25.9. The molecule has 0 aromatic carbocycles. The molecule has 1 saturated heterocycles. The first-order chi connectivity index (χ1) is 14.0. The second kappa shape index (κ2) is 8.24. The Balaban J connectivity index is 1.65. The number of hydrogen-bond acceptors (Lipinski definition) is 5. The van der Waals surface area contributed by atoms with Gasteiger partial charge >= 0.3 is 0 Å². The summed E-state index contributed by atoms with van der Waals surface area (Å²) in [6.45, 7) is 10.5. The Morgan fingerprint density at radius 1 is 1.21 bits per heavy atom. The van der Waals surface area contributed by atoms with Gasteiger partial charge in [-0.2, -0.15) is 0 Å². The van der Waals surface area contributed by atoms with Crippen molar-refractivity contribution in [1.82, 2.24) is 24.6 Å². The highest BCUT2D eigenvalue weighted by molar-refractivity contribution is 7.11. The molecule has 1 aliphatic rings. The Kier molecular flexibility index (Phi) is 5.69. The van der Waals surface area contributed by atoms with Gasteiger partial charge in [-0.25, -0.2) is 9.97 Å². The van der Waals surface area contributed by atoms with Crippen molar-refractivity contribution >= 4 is 22.9 Å². The lowest BCUT2D eigenvalue weighted by atomic mass is 10.1. The SMILES string of the molecule is Cc1nc([C@@H](C)NCc2c(C(=O)N3CCCCC3)nc3c(C)cccn23)c(C)s1. The lowest BCUT2D eigenvalue weighted by Gasteiger charge is -2.26. The molecule has 0 bridgehead atoms. The zero-order valence-electron chi connectivity index (χ0n) is 17.7. The predicted octanol–water partition coefficient (Wildman–Crippen LogP) is 4.19. The van der Waals surface area contributed by atoms with E-state index in [4.69, 9.17) is 4.98 Å². The molecule has 1 N–H and O–H groups in total. The lowest BCUT2D eigenvalue weighted by Crippen LogP contribution is -2.36. The van der Waals surface area contributed by atoms with E-state index >= 15 is 0 Å². The first-order valence-electron chi connectivity index (χ1n) is 10.4. The summed E-state index contributed by atoms with van der Waals surface area (Å²) in [6.07, 6.45) is 5.35. The third-order valence-electron chi connectivity index (χ3n) is 5.72. The van der Waals surface area contributed by atoms with Gasteiger partial charge in [0.2, 0.25) is 0 Å². The third-order valence-corrected chi connectivity index (χ3v) is 6.62. The van der Waals surface area contributed by atoms with Crippen molar-refractivity contribution in [3.8, 4) is 0 Å². The van der Waals surface area contributed by atoms with E-state index in [9.17, 15) is 4.79 Å². The second-order valence-electron chi connectivity index (χ2n) is 7.92. The van der Waals surface area contributed by atoms with Crippen LogP contribution in [0.1, 0.15) is 69.6 Å². The minimum absolute atomic E-state index is 0.0536. The number of imidazole rings is 1. The molecule has 1 atom stereocenters. The largest absolute Gasteiger partial charge is 0.337 e. The number of nitrogens with zero attached hydrogens (tertiary/aromatic N) is 4. The van der Waals surface area contributed by atoms with Crippen LogP contribution in [0, 0.1) is 20.8 Å². The summed E-state index contributed by atoms with van der Waals surface area (Å²) in [5.74, 6) is 0.0536. The number of thiazole rings is 1. The van der Waals surface area contributed by atoms with Crippen LogP contribution in [0.2, 0.25) is 0 Å². The van der Waals surface area contributed by atoms with Crippen molar-refractivity contribution in [3.05, 3.63) is 50.9 Å². The normalized spacial score (nSPS) is 15.8. The summed E-state index contributed by atoms with van der Waals surface area (Å²) in [6, 6.07) is 4.16. The van der Waals surface area contributed by atoms with Gasteiger partial charge in [-0.15, -0.1) is 11.3 Å². The van der Waals surface area contributed by atoms with Crippen LogP contribution in [0.15, 0.2) is 18.3 Å². The molecule has 1 fully saturated rings. The van der Waals surface area contributed by atoms with E-state index in [0.29, 0.717) is 12.2 Å². The average molecular weight is 412 g/mol. The van der Waals surface area contributed by atoms with Gasteiger partial charge in [0.25, 0.3) is 5.91 Å². The summed E-state index contributed by atoms with van der Waals surface area (Å²) in [5, 5.41) is 4.66. The number of fused-ring (bicyclic) bond motifs is 1. The summed E-state index contributed by atoms with van der Waals surface area (Å²) >= 11 is 1.72. The first-order valence-corrected chi connectivity index (χ1v) is 11.2. The zero-order valence-corrected chi connectivity index (χ0v) is 18.5. The molecule has 1 aliphatic heterocycles. The number of carbonyl (C=O) groups excluding carboxylic acids is 1. The smallest absolute Gasteiger partial charge is 0.274 e. The van der Waals surface area contributed by atoms with Gasteiger partial charge < -0.3 is 14.6 Å². The molecule has 154 valence electrons. The van der Waals surface area contributed by atoms with Crippen LogP contribution in [-0.4, -0.2) is 38.3 Å². The van der Waals surface area contributed by atoms with Crippen molar-refractivity contribution < 1.29 is 4.79 Å². The average Bonchev–Trinajstić information content (AvgIpc) is 3.26. The first kappa shape index (κ1) is 20.0. The maximum atomic E-state index is 13.3. The molecule has 3 aromatic heterocycles. The van der Waals surface area contributed by atoms with Gasteiger partial charge in [-0.3, -0.25) is 4.79 Å². The Bertz CT molecular complexity index is 1030. The maximum absolute atomic E-state index is 13.3. The number of aromatic nitrogens is 3. The molecule has 6 nitrogen and oxygen atoms in total. The van der Waals surface area contributed by atoms with Crippen molar-refractivity contribution in [3.63, 3.8) is 0 Å². The molecule has 4 rings (SSSR count).